The second-order valence-electron chi connectivity index (χ2n) is 7.46. The molecule has 1 aliphatic carbocycles. The highest BCUT2D eigenvalue weighted by Gasteiger charge is 2.34. The summed E-state index contributed by atoms with van der Waals surface area (Å²) in [7, 11) is -0.933. The third-order valence-corrected chi connectivity index (χ3v) is 5.86. The summed E-state index contributed by atoms with van der Waals surface area (Å²) in [5, 5.41) is 18.4. The van der Waals surface area contributed by atoms with Gasteiger partial charge in [-0.3, -0.25) is 4.18 Å². The Bertz CT molecular complexity index is 1190. The number of hydrogen-bond acceptors (Lipinski definition) is 10. The molecule has 13 heteroatoms. The number of methoxy groups -OCH3 is 2. The Morgan fingerprint density at radius 1 is 1.22 bits per heavy atom. The summed E-state index contributed by atoms with van der Waals surface area (Å²) in [5.74, 6) is 1.78. The first-order valence-electron chi connectivity index (χ1n) is 9.83. The van der Waals surface area contributed by atoms with E-state index in [-0.39, 0.29) is 18.6 Å². The SMILES string of the molecule is COc1cccc(OC)c1-c1nc2c(N[C@@H]3C[C@@H](COS(N)(=O)=O)[C@@H](O)C3)ncnc2[nH]1. The molecule has 0 spiro atoms. The molecule has 4 rings (SSSR count). The minimum atomic E-state index is -4.06. The van der Waals surface area contributed by atoms with Crippen molar-refractivity contribution in [2.45, 2.75) is 25.0 Å². The molecule has 1 aliphatic rings. The van der Waals surface area contributed by atoms with Crippen molar-refractivity contribution in [3.63, 3.8) is 0 Å². The summed E-state index contributed by atoms with van der Waals surface area (Å²) in [6.07, 6.45) is 1.53. The number of imidazole rings is 1. The van der Waals surface area contributed by atoms with E-state index in [1.54, 1.807) is 26.4 Å². The molecule has 172 valence electrons. The molecular weight excluding hydrogens is 440 g/mol. The Morgan fingerprint density at radius 3 is 2.59 bits per heavy atom. The fraction of sp³-hybridized carbons (Fsp3) is 0.421. The maximum absolute atomic E-state index is 11.0. The molecule has 3 aromatic rings. The van der Waals surface area contributed by atoms with Gasteiger partial charge in [-0.2, -0.15) is 8.42 Å². The molecule has 1 saturated carbocycles. The Morgan fingerprint density at radius 2 is 1.94 bits per heavy atom. The van der Waals surface area contributed by atoms with Gasteiger partial charge in [0.25, 0.3) is 0 Å². The molecule has 1 aromatic carbocycles. The average molecular weight is 465 g/mol. The van der Waals surface area contributed by atoms with Crippen molar-refractivity contribution >= 4 is 27.3 Å². The molecule has 0 aliphatic heterocycles. The van der Waals surface area contributed by atoms with Crippen LogP contribution in [-0.2, 0) is 14.5 Å². The molecule has 0 radical (unpaired) electrons. The Balaban J connectivity index is 1.59. The van der Waals surface area contributed by atoms with Crippen LogP contribution >= 0.6 is 0 Å². The van der Waals surface area contributed by atoms with E-state index in [1.807, 2.05) is 6.07 Å². The molecule has 32 heavy (non-hydrogen) atoms. The van der Waals surface area contributed by atoms with Crippen LogP contribution in [0.4, 0.5) is 5.82 Å². The van der Waals surface area contributed by atoms with Crippen LogP contribution < -0.4 is 19.9 Å². The van der Waals surface area contributed by atoms with Crippen molar-refractivity contribution in [1.82, 2.24) is 19.9 Å². The molecule has 3 atom stereocenters. The lowest BCUT2D eigenvalue weighted by Crippen LogP contribution is -2.24. The largest absolute Gasteiger partial charge is 0.496 e. The predicted molar refractivity (Wildman–Crippen MR) is 115 cm³/mol. The van der Waals surface area contributed by atoms with Crippen LogP contribution in [0.5, 0.6) is 11.5 Å². The summed E-state index contributed by atoms with van der Waals surface area (Å²) in [6, 6.07) is 5.26. The van der Waals surface area contributed by atoms with Crippen molar-refractivity contribution in [1.29, 1.82) is 0 Å². The zero-order chi connectivity index (χ0) is 22.9. The van der Waals surface area contributed by atoms with E-state index in [4.69, 9.17) is 14.6 Å². The van der Waals surface area contributed by atoms with Crippen molar-refractivity contribution < 1.29 is 27.2 Å². The number of hydrogen-bond donors (Lipinski definition) is 4. The highest BCUT2D eigenvalue weighted by atomic mass is 32.2. The number of aliphatic hydroxyl groups is 1. The Labute approximate surface area is 184 Å². The molecule has 12 nitrogen and oxygen atoms in total. The number of H-pyrrole nitrogens is 1. The van der Waals surface area contributed by atoms with Gasteiger partial charge in [0.15, 0.2) is 17.0 Å². The molecular formula is C19H24N6O6S. The van der Waals surface area contributed by atoms with E-state index in [9.17, 15) is 13.5 Å². The van der Waals surface area contributed by atoms with Gasteiger partial charge in [0.1, 0.15) is 29.2 Å². The van der Waals surface area contributed by atoms with Gasteiger partial charge in [-0.05, 0) is 25.0 Å². The number of nitrogens with two attached hydrogens (primary N) is 1. The normalized spacial score (nSPS) is 21.1. The third-order valence-electron chi connectivity index (χ3n) is 5.39. The molecule has 2 heterocycles. The van der Waals surface area contributed by atoms with Crippen LogP contribution in [0.25, 0.3) is 22.6 Å². The monoisotopic (exact) mass is 464 g/mol. The Hall–Kier alpha value is -3.00. The third kappa shape index (κ3) is 4.60. The second-order valence-corrected chi connectivity index (χ2v) is 8.68. The van der Waals surface area contributed by atoms with E-state index in [1.165, 1.54) is 6.33 Å². The molecule has 0 amide bonds. The van der Waals surface area contributed by atoms with Crippen LogP contribution in [-0.4, -0.2) is 66.4 Å². The summed E-state index contributed by atoms with van der Waals surface area (Å²) in [6.45, 7) is -0.183. The molecule has 0 saturated heterocycles. The van der Waals surface area contributed by atoms with Crippen LogP contribution in [0, 0.1) is 5.92 Å². The number of anilines is 1. The first-order chi connectivity index (χ1) is 15.3. The van der Waals surface area contributed by atoms with Gasteiger partial charge in [-0.25, -0.2) is 20.1 Å². The van der Waals surface area contributed by atoms with E-state index in [2.05, 4.69) is 29.4 Å². The summed E-state index contributed by atoms with van der Waals surface area (Å²) >= 11 is 0. The number of rotatable bonds is 8. The zero-order valence-electron chi connectivity index (χ0n) is 17.5. The number of nitrogens with zero attached hydrogens (tertiary/aromatic N) is 3. The molecule has 5 N–H and O–H groups in total. The number of aromatic amines is 1. The van der Waals surface area contributed by atoms with E-state index in [0.29, 0.717) is 52.7 Å². The number of aliphatic hydroxyl groups excluding tert-OH is 1. The molecule has 0 bridgehead atoms. The number of aromatic nitrogens is 4. The summed E-state index contributed by atoms with van der Waals surface area (Å²) < 4.78 is 37.6. The highest BCUT2D eigenvalue weighted by Crippen LogP contribution is 2.38. The van der Waals surface area contributed by atoms with Crippen molar-refractivity contribution in [2.24, 2.45) is 11.1 Å². The lowest BCUT2D eigenvalue weighted by atomic mass is 10.1. The van der Waals surface area contributed by atoms with E-state index < -0.39 is 16.4 Å². The van der Waals surface area contributed by atoms with Gasteiger partial charge in [0.05, 0.1) is 26.9 Å². The highest BCUT2D eigenvalue weighted by molar-refractivity contribution is 7.84. The average Bonchev–Trinajstić information content (AvgIpc) is 3.34. The number of fused-ring (bicyclic) bond motifs is 1. The van der Waals surface area contributed by atoms with E-state index >= 15 is 0 Å². The van der Waals surface area contributed by atoms with Gasteiger partial charge < -0.3 is 24.9 Å². The lowest BCUT2D eigenvalue weighted by molar-refractivity contribution is 0.101. The fourth-order valence-corrected chi connectivity index (χ4v) is 4.28. The quantitative estimate of drug-likeness (QED) is 0.373. The fourth-order valence-electron chi connectivity index (χ4n) is 3.91. The Kier molecular flexibility index (Phi) is 6.15. The molecule has 1 fully saturated rings. The predicted octanol–water partition coefficient (Wildman–Crippen LogP) is 0.809. The van der Waals surface area contributed by atoms with Gasteiger partial charge in [-0.15, -0.1) is 0 Å². The smallest absolute Gasteiger partial charge is 0.333 e. The van der Waals surface area contributed by atoms with Crippen molar-refractivity contribution in [2.75, 3.05) is 26.1 Å². The maximum atomic E-state index is 11.0. The standard InChI is InChI=1S/C19H24N6O6S/c1-29-13-4-3-5-14(30-2)15(13)17-24-16-18(21-9-22-19(16)25-17)23-11-6-10(12(26)7-11)8-31-32(20,27)28/h3-5,9-12,26H,6-8H2,1-2H3,(H2,20,27,28)(H2,21,22,23,24,25)/t10-,11+,12-/m0/s1. The molecule has 0 unspecified atom stereocenters. The molecule has 2 aromatic heterocycles. The van der Waals surface area contributed by atoms with Gasteiger partial charge in [-0.1, -0.05) is 6.07 Å². The number of ether oxygens (including phenoxy) is 2. The second kappa shape index (κ2) is 8.86. The van der Waals surface area contributed by atoms with E-state index in [0.717, 1.165) is 0 Å². The van der Waals surface area contributed by atoms with Crippen LogP contribution in [0.2, 0.25) is 0 Å². The maximum Gasteiger partial charge on any atom is 0.333 e. The number of nitrogens with one attached hydrogen (secondary N) is 2. The summed E-state index contributed by atoms with van der Waals surface area (Å²) in [5.41, 5.74) is 1.67. The van der Waals surface area contributed by atoms with Crippen LogP contribution in [0.1, 0.15) is 12.8 Å². The first kappa shape index (κ1) is 22.2. The van der Waals surface area contributed by atoms with Crippen molar-refractivity contribution in [3.8, 4) is 22.9 Å². The van der Waals surface area contributed by atoms with Crippen LogP contribution in [0.3, 0.4) is 0 Å². The van der Waals surface area contributed by atoms with Crippen molar-refractivity contribution in [3.05, 3.63) is 24.5 Å². The minimum Gasteiger partial charge on any atom is -0.496 e. The topological polar surface area (TPSA) is 175 Å². The first-order valence-corrected chi connectivity index (χ1v) is 11.3. The minimum absolute atomic E-state index is 0.168. The lowest BCUT2D eigenvalue weighted by Gasteiger charge is -2.13. The summed E-state index contributed by atoms with van der Waals surface area (Å²) in [4.78, 5) is 16.4. The van der Waals surface area contributed by atoms with Gasteiger partial charge in [0.2, 0.25) is 0 Å². The van der Waals surface area contributed by atoms with Crippen LogP contribution in [0.15, 0.2) is 24.5 Å². The number of benzene rings is 1. The van der Waals surface area contributed by atoms with Gasteiger partial charge >= 0.3 is 10.3 Å². The van der Waals surface area contributed by atoms with Gasteiger partial charge in [0, 0.05) is 12.0 Å². The zero-order valence-corrected chi connectivity index (χ0v) is 18.3.